The molecule has 2 nitrogen and oxygen atoms in total. The van der Waals surface area contributed by atoms with Crippen molar-refractivity contribution in [1.29, 1.82) is 0 Å². The first-order chi connectivity index (χ1) is 5.29. The lowest BCUT2D eigenvalue weighted by molar-refractivity contribution is -0.113. The van der Waals surface area contributed by atoms with Gasteiger partial charge in [0.2, 0.25) is 0 Å². The summed E-state index contributed by atoms with van der Waals surface area (Å²) in [6.07, 6.45) is 3.69. The highest BCUT2D eigenvalue weighted by Crippen LogP contribution is 2.35. The average Bonchev–Trinajstić information content (AvgIpc) is 2.41. The molecule has 2 rings (SSSR count). The molecule has 11 heavy (non-hydrogen) atoms. The SMILES string of the molecule is CC(=O)C1=C2CCCC2OC1. The van der Waals surface area contributed by atoms with Crippen molar-refractivity contribution >= 4 is 5.78 Å². The lowest BCUT2D eigenvalue weighted by Crippen LogP contribution is -2.01. The lowest BCUT2D eigenvalue weighted by Gasteiger charge is -2.00. The second-order valence-electron chi connectivity index (χ2n) is 3.25. The smallest absolute Gasteiger partial charge is 0.158 e. The third kappa shape index (κ3) is 1.02. The molecule has 0 bridgehead atoms. The van der Waals surface area contributed by atoms with E-state index < -0.39 is 0 Å². The zero-order chi connectivity index (χ0) is 7.84. The van der Waals surface area contributed by atoms with Gasteiger partial charge in [-0.1, -0.05) is 0 Å². The summed E-state index contributed by atoms with van der Waals surface area (Å²) in [4.78, 5) is 11.1. The standard InChI is InChI=1S/C9H12O2/c1-6(10)8-5-11-9-4-2-3-7(8)9/h9H,2-5H2,1H3. The third-order valence-electron chi connectivity index (χ3n) is 2.54. The summed E-state index contributed by atoms with van der Waals surface area (Å²) in [5.41, 5.74) is 2.24. The van der Waals surface area contributed by atoms with Gasteiger partial charge >= 0.3 is 0 Å². The van der Waals surface area contributed by atoms with Crippen LogP contribution in [0.5, 0.6) is 0 Å². The van der Waals surface area contributed by atoms with Gasteiger partial charge < -0.3 is 4.74 Å². The van der Waals surface area contributed by atoms with Crippen LogP contribution in [0.25, 0.3) is 0 Å². The number of hydrogen-bond acceptors (Lipinski definition) is 2. The minimum Gasteiger partial charge on any atom is -0.369 e. The van der Waals surface area contributed by atoms with Crippen LogP contribution in [0.2, 0.25) is 0 Å². The van der Waals surface area contributed by atoms with Crippen LogP contribution in [0.4, 0.5) is 0 Å². The number of hydrogen-bond donors (Lipinski definition) is 0. The van der Waals surface area contributed by atoms with Gasteiger partial charge in [0.15, 0.2) is 5.78 Å². The molecule has 1 atom stereocenters. The van der Waals surface area contributed by atoms with E-state index in [1.54, 1.807) is 6.92 Å². The monoisotopic (exact) mass is 152 g/mol. The first kappa shape index (κ1) is 7.04. The Bertz CT molecular complexity index is 228. The molecule has 0 saturated heterocycles. The van der Waals surface area contributed by atoms with E-state index in [1.165, 1.54) is 12.0 Å². The van der Waals surface area contributed by atoms with Crippen LogP contribution < -0.4 is 0 Å². The van der Waals surface area contributed by atoms with Gasteiger partial charge in [0.05, 0.1) is 12.7 Å². The molecule has 0 aromatic carbocycles. The first-order valence-electron chi connectivity index (χ1n) is 4.13. The Morgan fingerprint density at radius 3 is 3.18 bits per heavy atom. The predicted molar refractivity (Wildman–Crippen MR) is 41.3 cm³/mol. The van der Waals surface area contributed by atoms with Gasteiger partial charge in [0.25, 0.3) is 0 Å². The number of rotatable bonds is 1. The van der Waals surface area contributed by atoms with Crippen molar-refractivity contribution in [3.63, 3.8) is 0 Å². The maximum Gasteiger partial charge on any atom is 0.158 e. The van der Waals surface area contributed by atoms with E-state index in [9.17, 15) is 4.79 Å². The molecule has 2 aliphatic rings. The van der Waals surface area contributed by atoms with Gasteiger partial charge in [0.1, 0.15) is 0 Å². The molecule has 0 radical (unpaired) electrons. The van der Waals surface area contributed by atoms with Crippen LogP contribution in [0.15, 0.2) is 11.1 Å². The summed E-state index contributed by atoms with van der Waals surface area (Å²) in [6.45, 7) is 2.20. The zero-order valence-electron chi connectivity index (χ0n) is 6.72. The lowest BCUT2D eigenvalue weighted by atomic mass is 10.1. The van der Waals surface area contributed by atoms with Crippen molar-refractivity contribution in [3.05, 3.63) is 11.1 Å². The highest BCUT2D eigenvalue weighted by atomic mass is 16.5. The molecule has 0 aromatic heterocycles. The van der Waals surface area contributed by atoms with E-state index >= 15 is 0 Å². The molecule has 1 aliphatic heterocycles. The van der Waals surface area contributed by atoms with Crippen molar-refractivity contribution < 1.29 is 9.53 Å². The predicted octanol–water partition coefficient (Wildman–Crippen LogP) is 1.45. The van der Waals surface area contributed by atoms with Crippen LogP contribution in [-0.2, 0) is 9.53 Å². The molecule has 2 heteroatoms. The van der Waals surface area contributed by atoms with Crippen LogP contribution >= 0.6 is 0 Å². The molecule has 1 heterocycles. The topological polar surface area (TPSA) is 26.3 Å². The molecule has 1 aliphatic carbocycles. The van der Waals surface area contributed by atoms with E-state index in [0.717, 1.165) is 18.4 Å². The third-order valence-corrected chi connectivity index (χ3v) is 2.54. The fourth-order valence-electron chi connectivity index (χ4n) is 1.95. The quantitative estimate of drug-likeness (QED) is 0.568. The molecule has 0 amide bonds. The Labute approximate surface area is 66.2 Å². The molecule has 1 unspecified atom stereocenters. The summed E-state index contributed by atoms with van der Waals surface area (Å²) in [7, 11) is 0. The Kier molecular flexibility index (Phi) is 1.57. The number of ether oxygens (including phenoxy) is 1. The molecule has 1 fully saturated rings. The Hall–Kier alpha value is -0.630. The van der Waals surface area contributed by atoms with E-state index in [4.69, 9.17) is 4.74 Å². The van der Waals surface area contributed by atoms with E-state index in [0.29, 0.717) is 12.7 Å². The molecule has 0 spiro atoms. The summed E-state index contributed by atoms with van der Waals surface area (Å²) in [5, 5.41) is 0. The number of ketones is 1. The highest BCUT2D eigenvalue weighted by Gasteiger charge is 2.31. The first-order valence-corrected chi connectivity index (χ1v) is 4.13. The summed E-state index contributed by atoms with van der Waals surface area (Å²) < 4.78 is 5.46. The number of carbonyl (C=O) groups excluding carboxylic acids is 1. The molecule has 60 valence electrons. The molecule has 0 aromatic rings. The van der Waals surface area contributed by atoms with Crippen molar-refractivity contribution in [2.45, 2.75) is 32.3 Å². The van der Waals surface area contributed by atoms with Crippen molar-refractivity contribution in [2.75, 3.05) is 6.61 Å². The summed E-state index contributed by atoms with van der Waals surface area (Å²) >= 11 is 0. The van der Waals surface area contributed by atoms with Crippen molar-refractivity contribution in [1.82, 2.24) is 0 Å². The number of Topliss-reactive ketones (excluding diaryl/α,β-unsaturated/α-hetero) is 1. The highest BCUT2D eigenvalue weighted by molar-refractivity contribution is 5.95. The Morgan fingerprint density at radius 1 is 1.64 bits per heavy atom. The molecular formula is C9H12O2. The largest absolute Gasteiger partial charge is 0.369 e. The maximum atomic E-state index is 11.1. The fraction of sp³-hybridized carbons (Fsp3) is 0.667. The Balaban J connectivity index is 2.30. The Morgan fingerprint density at radius 2 is 2.45 bits per heavy atom. The van der Waals surface area contributed by atoms with Crippen LogP contribution in [0.3, 0.4) is 0 Å². The minimum atomic E-state index is 0.199. The van der Waals surface area contributed by atoms with Crippen molar-refractivity contribution in [2.24, 2.45) is 0 Å². The molecular weight excluding hydrogens is 140 g/mol. The average molecular weight is 152 g/mol. The number of fused-ring (bicyclic) bond motifs is 1. The van der Waals surface area contributed by atoms with Gasteiger partial charge in [-0.3, -0.25) is 4.79 Å². The zero-order valence-corrected chi connectivity index (χ0v) is 6.72. The van der Waals surface area contributed by atoms with Gasteiger partial charge in [-0.15, -0.1) is 0 Å². The second kappa shape index (κ2) is 2.45. The van der Waals surface area contributed by atoms with Crippen LogP contribution in [0, 0.1) is 0 Å². The van der Waals surface area contributed by atoms with Crippen LogP contribution in [-0.4, -0.2) is 18.5 Å². The van der Waals surface area contributed by atoms with E-state index in [2.05, 4.69) is 0 Å². The van der Waals surface area contributed by atoms with Crippen molar-refractivity contribution in [3.8, 4) is 0 Å². The van der Waals surface area contributed by atoms with E-state index in [1.807, 2.05) is 0 Å². The second-order valence-corrected chi connectivity index (χ2v) is 3.25. The summed E-state index contributed by atoms with van der Waals surface area (Å²) in [5.74, 6) is 0.199. The van der Waals surface area contributed by atoms with Crippen LogP contribution in [0.1, 0.15) is 26.2 Å². The van der Waals surface area contributed by atoms with Gasteiger partial charge in [0, 0.05) is 5.57 Å². The van der Waals surface area contributed by atoms with Gasteiger partial charge in [-0.25, -0.2) is 0 Å². The van der Waals surface area contributed by atoms with Gasteiger partial charge in [-0.2, -0.15) is 0 Å². The van der Waals surface area contributed by atoms with E-state index in [-0.39, 0.29) is 5.78 Å². The van der Waals surface area contributed by atoms with Gasteiger partial charge in [-0.05, 0) is 31.8 Å². The maximum absolute atomic E-state index is 11.1. The number of carbonyl (C=O) groups is 1. The normalized spacial score (nSPS) is 29.4. The summed E-state index contributed by atoms with van der Waals surface area (Å²) in [6, 6.07) is 0. The molecule has 0 N–H and O–H groups in total. The molecule has 1 saturated carbocycles. The fourth-order valence-corrected chi connectivity index (χ4v) is 1.95. The minimum absolute atomic E-state index is 0.199.